The lowest BCUT2D eigenvalue weighted by atomic mass is 9.91. The van der Waals surface area contributed by atoms with Crippen LogP contribution in [0.4, 0.5) is 0 Å². The highest BCUT2D eigenvalue weighted by Gasteiger charge is 2.24. The van der Waals surface area contributed by atoms with Gasteiger partial charge >= 0.3 is 0 Å². The van der Waals surface area contributed by atoms with Crippen molar-refractivity contribution in [3.63, 3.8) is 0 Å². The van der Waals surface area contributed by atoms with Gasteiger partial charge in [-0.1, -0.05) is 31.2 Å². The van der Waals surface area contributed by atoms with E-state index in [1.165, 1.54) is 30.5 Å². The Kier molecular flexibility index (Phi) is 5.41. The molecule has 1 fully saturated rings. The van der Waals surface area contributed by atoms with Gasteiger partial charge in [-0.15, -0.1) is 0 Å². The van der Waals surface area contributed by atoms with E-state index in [1.807, 2.05) is 7.05 Å². The van der Waals surface area contributed by atoms with Crippen LogP contribution in [-0.4, -0.2) is 31.1 Å². The zero-order valence-electron chi connectivity index (χ0n) is 12.7. The van der Waals surface area contributed by atoms with Crippen molar-refractivity contribution in [2.45, 2.75) is 45.7 Å². The average Bonchev–Trinajstić information content (AvgIpc) is 2.43. The molecule has 1 aliphatic heterocycles. The van der Waals surface area contributed by atoms with Crippen LogP contribution in [0.2, 0.25) is 0 Å². The Morgan fingerprint density at radius 3 is 2.53 bits per heavy atom. The molecular weight excluding hydrogens is 232 g/mol. The molecule has 1 N–H and O–H groups in total. The minimum absolute atomic E-state index is 0.720. The Bertz CT molecular complexity index is 371. The molecule has 19 heavy (non-hydrogen) atoms. The topological polar surface area (TPSA) is 15.3 Å². The van der Waals surface area contributed by atoms with Crippen molar-refractivity contribution in [1.82, 2.24) is 10.2 Å². The second-order valence-corrected chi connectivity index (χ2v) is 6.00. The molecule has 1 heterocycles. The summed E-state index contributed by atoms with van der Waals surface area (Å²) < 4.78 is 0. The molecule has 0 aliphatic carbocycles. The molecule has 106 valence electrons. The fraction of sp³-hybridized carbons (Fsp3) is 0.647. The highest BCUT2D eigenvalue weighted by atomic mass is 15.2. The molecule has 0 saturated carbocycles. The summed E-state index contributed by atoms with van der Waals surface area (Å²) >= 11 is 0. The van der Waals surface area contributed by atoms with E-state index in [-0.39, 0.29) is 0 Å². The number of likely N-dealkylation sites (N-methyl/N-ethyl adjacent to an activating group) is 1. The zero-order chi connectivity index (χ0) is 13.7. The third-order valence-electron chi connectivity index (χ3n) is 4.58. The fourth-order valence-electron chi connectivity index (χ4n) is 2.96. The first-order valence-corrected chi connectivity index (χ1v) is 7.67. The van der Waals surface area contributed by atoms with Crippen LogP contribution in [0.3, 0.4) is 0 Å². The summed E-state index contributed by atoms with van der Waals surface area (Å²) in [6.45, 7) is 8.19. The number of hydrogen-bond donors (Lipinski definition) is 1. The van der Waals surface area contributed by atoms with E-state index in [1.54, 1.807) is 0 Å². The van der Waals surface area contributed by atoms with Gasteiger partial charge in [-0.25, -0.2) is 0 Å². The molecule has 2 unspecified atom stereocenters. The van der Waals surface area contributed by atoms with Gasteiger partial charge in [-0.2, -0.15) is 0 Å². The first kappa shape index (κ1) is 14.5. The molecule has 2 nitrogen and oxygen atoms in total. The summed E-state index contributed by atoms with van der Waals surface area (Å²) in [6, 6.07) is 9.89. The second-order valence-electron chi connectivity index (χ2n) is 6.00. The first-order valence-electron chi connectivity index (χ1n) is 7.67. The monoisotopic (exact) mass is 260 g/mol. The normalized spacial score (nSPS) is 24.6. The largest absolute Gasteiger partial charge is 0.319 e. The van der Waals surface area contributed by atoms with Gasteiger partial charge in [0.1, 0.15) is 0 Å². The van der Waals surface area contributed by atoms with Crippen LogP contribution >= 0.6 is 0 Å². The highest BCUT2D eigenvalue weighted by Crippen LogP contribution is 2.24. The molecular formula is C17H28N2. The minimum atomic E-state index is 0.720. The summed E-state index contributed by atoms with van der Waals surface area (Å²) in [5.41, 5.74) is 2.88. The molecule has 1 aromatic carbocycles. The summed E-state index contributed by atoms with van der Waals surface area (Å²) in [6.07, 6.45) is 3.86. The molecule has 0 spiro atoms. The maximum atomic E-state index is 3.20. The molecule has 0 bridgehead atoms. The van der Waals surface area contributed by atoms with Crippen LogP contribution in [0.25, 0.3) is 0 Å². The van der Waals surface area contributed by atoms with Crippen LogP contribution in [0.15, 0.2) is 24.3 Å². The number of nitrogens with zero attached hydrogens (tertiary/aromatic N) is 1. The van der Waals surface area contributed by atoms with Crippen LogP contribution in [0.5, 0.6) is 0 Å². The molecule has 1 aromatic rings. The van der Waals surface area contributed by atoms with Crippen LogP contribution in [-0.2, 0) is 13.0 Å². The fourth-order valence-corrected chi connectivity index (χ4v) is 2.96. The maximum Gasteiger partial charge on any atom is 0.0236 e. The second kappa shape index (κ2) is 7.06. The molecule has 1 aliphatic rings. The number of likely N-dealkylation sites (tertiary alicyclic amines) is 1. The van der Waals surface area contributed by atoms with E-state index in [2.05, 4.69) is 48.3 Å². The smallest absolute Gasteiger partial charge is 0.0236 e. The van der Waals surface area contributed by atoms with E-state index >= 15 is 0 Å². The van der Waals surface area contributed by atoms with E-state index in [0.717, 1.165) is 31.5 Å². The van der Waals surface area contributed by atoms with Gasteiger partial charge in [0.2, 0.25) is 0 Å². The molecule has 2 rings (SSSR count). The number of nitrogens with one attached hydrogen (secondary N) is 1. The molecule has 2 atom stereocenters. The van der Waals surface area contributed by atoms with Crippen molar-refractivity contribution in [2.24, 2.45) is 5.92 Å². The van der Waals surface area contributed by atoms with E-state index in [0.29, 0.717) is 0 Å². The lowest BCUT2D eigenvalue weighted by Gasteiger charge is -2.38. The Morgan fingerprint density at radius 1 is 1.16 bits per heavy atom. The van der Waals surface area contributed by atoms with Gasteiger partial charge in [0, 0.05) is 12.6 Å². The van der Waals surface area contributed by atoms with Gasteiger partial charge in [-0.3, -0.25) is 4.90 Å². The van der Waals surface area contributed by atoms with E-state index < -0.39 is 0 Å². The number of hydrogen-bond acceptors (Lipinski definition) is 2. The quantitative estimate of drug-likeness (QED) is 0.875. The Balaban J connectivity index is 1.91. The molecule has 0 radical (unpaired) electrons. The Morgan fingerprint density at radius 2 is 1.84 bits per heavy atom. The van der Waals surface area contributed by atoms with Crippen LogP contribution < -0.4 is 5.32 Å². The summed E-state index contributed by atoms with van der Waals surface area (Å²) in [5, 5.41) is 3.20. The lowest BCUT2D eigenvalue weighted by molar-refractivity contribution is 0.106. The van der Waals surface area contributed by atoms with Crippen molar-refractivity contribution in [1.29, 1.82) is 0 Å². The third kappa shape index (κ3) is 4.05. The van der Waals surface area contributed by atoms with Crippen molar-refractivity contribution in [3.05, 3.63) is 35.4 Å². The Hall–Kier alpha value is -0.860. The van der Waals surface area contributed by atoms with Gasteiger partial charge in [0.05, 0.1) is 0 Å². The number of rotatable bonds is 5. The number of piperidine rings is 1. The summed E-state index contributed by atoms with van der Waals surface area (Å²) in [4.78, 5) is 2.64. The van der Waals surface area contributed by atoms with Crippen molar-refractivity contribution in [3.8, 4) is 0 Å². The standard InChI is InChI=1S/C17H28N2/c1-14-5-4-12-19(15(14)2)13-17-8-6-16(7-9-17)10-11-18-3/h6-9,14-15,18H,4-5,10-13H2,1-3H3. The predicted octanol–water partition coefficient (Wildman–Crippen LogP) is 3.07. The van der Waals surface area contributed by atoms with Crippen molar-refractivity contribution < 1.29 is 0 Å². The van der Waals surface area contributed by atoms with E-state index in [9.17, 15) is 0 Å². The summed E-state index contributed by atoms with van der Waals surface area (Å²) in [7, 11) is 2.01. The van der Waals surface area contributed by atoms with Crippen LogP contribution in [0.1, 0.15) is 37.8 Å². The maximum absolute atomic E-state index is 3.20. The molecule has 1 saturated heterocycles. The Labute approximate surface area is 118 Å². The highest BCUT2D eigenvalue weighted by molar-refractivity contribution is 5.23. The molecule has 2 heteroatoms. The van der Waals surface area contributed by atoms with Gasteiger partial charge < -0.3 is 5.32 Å². The third-order valence-corrected chi connectivity index (χ3v) is 4.58. The van der Waals surface area contributed by atoms with Crippen molar-refractivity contribution in [2.75, 3.05) is 20.1 Å². The molecule has 0 aromatic heterocycles. The summed E-state index contributed by atoms with van der Waals surface area (Å²) in [5.74, 6) is 0.837. The van der Waals surface area contributed by atoms with Gasteiger partial charge in [0.25, 0.3) is 0 Å². The number of benzene rings is 1. The zero-order valence-corrected chi connectivity index (χ0v) is 12.7. The first-order chi connectivity index (χ1) is 9.20. The van der Waals surface area contributed by atoms with E-state index in [4.69, 9.17) is 0 Å². The SMILES string of the molecule is CNCCc1ccc(CN2CCCC(C)C2C)cc1. The predicted molar refractivity (Wildman–Crippen MR) is 82.3 cm³/mol. The average molecular weight is 260 g/mol. The molecule has 0 amide bonds. The van der Waals surface area contributed by atoms with Crippen LogP contribution in [0, 0.1) is 5.92 Å². The minimum Gasteiger partial charge on any atom is -0.319 e. The van der Waals surface area contributed by atoms with Gasteiger partial charge in [-0.05, 0) is 63.4 Å². The van der Waals surface area contributed by atoms with Gasteiger partial charge in [0.15, 0.2) is 0 Å². The van der Waals surface area contributed by atoms with Crippen molar-refractivity contribution >= 4 is 0 Å². The lowest BCUT2D eigenvalue weighted by Crippen LogP contribution is -2.41.